The van der Waals surface area contributed by atoms with E-state index in [1.807, 2.05) is 0 Å². The van der Waals surface area contributed by atoms with Crippen molar-refractivity contribution < 1.29 is 36.2 Å². The second-order valence-corrected chi connectivity index (χ2v) is 6.91. The standard InChI is InChI=1S/C18H10F6O2S/c19-17(20,21)11-5-10(6-12(8-11)18(22,23)24)15(16(25)26)14-7-9-3-1-2-4-13(9)27-14/h1-8,15H,(H,25,26). The van der Waals surface area contributed by atoms with Crippen LogP contribution in [0.5, 0.6) is 0 Å². The third-order valence-electron chi connectivity index (χ3n) is 3.92. The van der Waals surface area contributed by atoms with Crippen molar-refractivity contribution in [2.45, 2.75) is 18.3 Å². The van der Waals surface area contributed by atoms with E-state index in [-0.39, 0.29) is 10.9 Å². The van der Waals surface area contributed by atoms with E-state index in [4.69, 9.17) is 0 Å². The zero-order chi connectivity index (χ0) is 20.0. The minimum atomic E-state index is -5.04. The minimum absolute atomic E-state index is 0.0205. The molecule has 1 unspecified atom stereocenters. The SMILES string of the molecule is O=C(O)C(c1cc(C(F)(F)F)cc(C(F)(F)F)c1)c1cc2ccccc2s1. The molecule has 2 aromatic carbocycles. The van der Waals surface area contributed by atoms with E-state index in [1.165, 1.54) is 6.07 Å². The van der Waals surface area contributed by atoms with Crippen LogP contribution in [0, 0.1) is 0 Å². The normalized spacial score (nSPS) is 13.7. The maximum Gasteiger partial charge on any atom is 0.416 e. The second kappa shape index (κ2) is 6.56. The number of rotatable bonds is 3. The largest absolute Gasteiger partial charge is 0.481 e. The third kappa shape index (κ3) is 3.92. The van der Waals surface area contributed by atoms with Gasteiger partial charge in [0, 0.05) is 9.58 Å². The summed E-state index contributed by atoms with van der Waals surface area (Å²) < 4.78 is 79.0. The highest BCUT2D eigenvalue weighted by molar-refractivity contribution is 7.19. The molecular formula is C18H10F6O2S. The maximum absolute atomic E-state index is 13.1. The van der Waals surface area contributed by atoms with Gasteiger partial charge in [0.1, 0.15) is 5.92 Å². The summed E-state index contributed by atoms with van der Waals surface area (Å²) in [5.74, 6) is -3.18. The lowest BCUT2D eigenvalue weighted by atomic mass is 9.93. The van der Waals surface area contributed by atoms with Crippen LogP contribution in [0.1, 0.15) is 27.5 Å². The summed E-state index contributed by atoms with van der Waals surface area (Å²) in [6.45, 7) is 0. The third-order valence-corrected chi connectivity index (χ3v) is 5.10. The van der Waals surface area contributed by atoms with Crippen LogP contribution in [0.4, 0.5) is 26.3 Å². The molecule has 0 aliphatic carbocycles. The van der Waals surface area contributed by atoms with Gasteiger partial charge in [-0.3, -0.25) is 4.79 Å². The van der Waals surface area contributed by atoms with E-state index in [1.54, 1.807) is 24.3 Å². The lowest BCUT2D eigenvalue weighted by Gasteiger charge is -2.17. The predicted molar refractivity (Wildman–Crippen MR) is 87.7 cm³/mol. The van der Waals surface area contributed by atoms with E-state index in [9.17, 15) is 36.2 Å². The molecule has 1 atom stereocenters. The first-order valence-corrected chi connectivity index (χ1v) is 8.29. The van der Waals surface area contributed by atoms with E-state index in [0.29, 0.717) is 22.2 Å². The molecule has 0 fully saturated rings. The van der Waals surface area contributed by atoms with Crippen molar-refractivity contribution in [3.8, 4) is 0 Å². The molecule has 0 aliphatic heterocycles. The molecule has 0 bridgehead atoms. The predicted octanol–water partition coefficient (Wildman–Crippen LogP) is 6.16. The van der Waals surface area contributed by atoms with Crippen LogP contribution in [-0.4, -0.2) is 11.1 Å². The van der Waals surface area contributed by atoms with E-state index < -0.39 is 40.9 Å². The molecular weight excluding hydrogens is 394 g/mol. The van der Waals surface area contributed by atoms with Gasteiger partial charge in [-0.2, -0.15) is 26.3 Å². The molecule has 0 radical (unpaired) electrons. The zero-order valence-electron chi connectivity index (χ0n) is 13.2. The number of carboxylic acid groups (broad SMARTS) is 1. The molecule has 0 saturated heterocycles. The van der Waals surface area contributed by atoms with Crippen LogP contribution < -0.4 is 0 Å². The van der Waals surface area contributed by atoms with Crippen LogP contribution in [0.15, 0.2) is 48.5 Å². The number of alkyl halides is 6. The highest BCUT2D eigenvalue weighted by Gasteiger charge is 2.38. The Morgan fingerprint density at radius 2 is 1.44 bits per heavy atom. The molecule has 1 heterocycles. The van der Waals surface area contributed by atoms with Gasteiger partial charge < -0.3 is 5.11 Å². The van der Waals surface area contributed by atoms with Gasteiger partial charge in [0.15, 0.2) is 0 Å². The Balaban J connectivity index is 2.22. The van der Waals surface area contributed by atoms with Crippen molar-refractivity contribution in [2.24, 2.45) is 0 Å². The summed E-state index contributed by atoms with van der Waals surface area (Å²) in [4.78, 5) is 11.9. The molecule has 9 heteroatoms. The van der Waals surface area contributed by atoms with Crippen LogP contribution in [0.25, 0.3) is 10.1 Å². The Morgan fingerprint density at radius 1 is 0.889 bits per heavy atom. The Bertz CT molecular complexity index is 938. The topological polar surface area (TPSA) is 37.3 Å². The molecule has 0 aliphatic rings. The van der Waals surface area contributed by atoms with Gasteiger partial charge in [-0.05, 0) is 41.3 Å². The fourth-order valence-electron chi connectivity index (χ4n) is 2.72. The number of benzene rings is 2. The Morgan fingerprint density at radius 3 is 1.93 bits per heavy atom. The first-order valence-electron chi connectivity index (χ1n) is 7.47. The fourth-order valence-corrected chi connectivity index (χ4v) is 3.90. The van der Waals surface area contributed by atoms with Crippen LogP contribution in [0.3, 0.4) is 0 Å². The van der Waals surface area contributed by atoms with Crippen molar-refractivity contribution in [3.63, 3.8) is 0 Å². The number of carboxylic acids is 1. The van der Waals surface area contributed by atoms with Crippen LogP contribution in [0.2, 0.25) is 0 Å². The van der Waals surface area contributed by atoms with Crippen molar-refractivity contribution in [3.05, 3.63) is 70.1 Å². The molecule has 3 aromatic rings. The van der Waals surface area contributed by atoms with Gasteiger partial charge in [-0.1, -0.05) is 18.2 Å². The quantitative estimate of drug-likeness (QED) is 0.531. The maximum atomic E-state index is 13.1. The molecule has 0 amide bonds. The molecule has 2 nitrogen and oxygen atoms in total. The fraction of sp³-hybridized carbons (Fsp3) is 0.167. The number of halogens is 6. The second-order valence-electron chi connectivity index (χ2n) is 5.80. The number of aliphatic carboxylic acids is 1. The molecule has 27 heavy (non-hydrogen) atoms. The summed E-state index contributed by atoms with van der Waals surface area (Å²) in [7, 11) is 0. The summed E-state index contributed by atoms with van der Waals surface area (Å²) in [6.07, 6.45) is -10.1. The summed E-state index contributed by atoms with van der Waals surface area (Å²) in [5, 5.41) is 10.2. The average molecular weight is 404 g/mol. The average Bonchev–Trinajstić information content (AvgIpc) is 2.96. The van der Waals surface area contributed by atoms with E-state index >= 15 is 0 Å². The van der Waals surface area contributed by atoms with Gasteiger partial charge in [0.05, 0.1) is 11.1 Å². The van der Waals surface area contributed by atoms with E-state index in [0.717, 1.165) is 11.3 Å². The Labute approximate surface area is 152 Å². The van der Waals surface area contributed by atoms with Gasteiger partial charge in [0.2, 0.25) is 0 Å². The Hall–Kier alpha value is -2.55. The van der Waals surface area contributed by atoms with Crippen molar-refractivity contribution in [1.29, 1.82) is 0 Å². The van der Waals surface area contributed by atoms with Crippen LogP contribution >= 0.6 is 11.3 Å². The molecule has 142 valence electrons. The lowest BCUT2D eigenvalue weighted by Crippen LogP contribution is -2.16. The molecule has 1 N–H and O–H groups in total. The minimum Gasteiger partial charge on any atom is -0.481 e. The van der Waals surface area contributed by atoms with Crippen molar-refractivity contribution >= 4 is 27.4 Å². The number of hydrogen-bond donors (Lipinski definition) is 1. The van der Waals surface area contributed by atoms with Gasteiger partial charge in [-0.15, -0.1) is 11.3 Å². The Kier molecular flexibility index (Phi) is 4.67. The zero-order valence-corrected chi connectivity index (χ0v) is 14.0. The number of carbonyl (C=O) groups is 1. The summed E-state index contributed by atoms with van der Waals surface area (Å²) in [6, 6.07) is 9.12. The van der Waals surface area contributed by atoms with E-state index in [2.05, 4.69) is 0 Å². The van der Waals surface area contributed by atoms with Crippen molar-refractivity contribution in [2.75, 3.05) is 0 Å². The number of thiophene rings is 1. The molecule has 0 saturated carbocycles. The van der Waals surface area contributed by atoms with Gasteiger partial charge in [0.25, 0.3) is 0 Å². The first-order chi connectivity index (χ1) is 12.5. The molecule has 0 spiro atoms. The highest BCUT2D eigenvalue weighted by Crippen LogP contribution is 2.41. The van der Waals surface area contributed by atoms with Crippen LogP contribution in [-0.2, 0) is 17.1 Å². The first kappa shape index (κ1) is 19.2. The lowest BCUT2D eigenvalue weighted by molar-refractivity contribution is -0.144. The summed E-state index contributed by atoms with van der Waals surface area (Å²) >= 11 is 1.01. The monoisotopic (exact) mass is 404 g/mol. The smallest absolute Gasteiger partial charge is 0.416 e. The highest BCUT2D eigenvalue weighted by atomic mass is 32.1. The van der Waals surface area contributed by atoms with Crippen molar-refractivity contribution in [1.82, 2.24) is 0 Å². The summed E-state index contributed by atoms with van der Waals surface area (Å²) in [5.41, 5.74) is -3.66. The van der Waals surface area contributed by atoms with Gasteiger partial charge >= 0.3 is 18.3 Å². The number of hydrogen-bond acceptors (Lipinski definition) is 2. The van der Waals surface area contributed by atoms with Gasteiger partial charge in [-0.25, -0.2) is 0 Å². The molecule has 3 rings (SSSR count). The molecule has 1 aromatic heterocycles. The number of fused-ring (bicyclic) bond motifs is 1.